The van der Waals surface area contributed by atoms with Crippen molar-refractivity contribution >= 4 is 33.9 Å². The van der Waals surface area contributed by atoms with Crippen LogP contribution in [-0.2, 0) is 0 Å². The van der Waals surface area contributed by atoms with Crippen molar-refractivity contribution in [3.63, 3.8) is 0 Å². The monoisotopic (exact) mass is 273 g/mol. The Kier molecular flexibility index (Phi) is 2.37. The Morgan fingerprint density at radius 2 is 2.00 bits per heavy atom. The molecule has 7 nitrogen and oxygen atoms in total. The molecule has 0 saturated carbocycles. The highest BCUT2D eigenvalue weighted by Gasteiger charge is 2.22. The van der Waals surface area contributed by atoms with Crippen LogP contribution >= 0.6 is 0 Å². The smallest absolute Gasteiger partial charge is 0.347 e. The minimum atomic E-state index is -1.21. The number of aromatic carboxylic acids is 1. The predicted octanol–water partition coefficient (Wildman–Crippen LogP) is 1.49. The third kappa shape index (κ3) is 1.57. The first-order valence-corrected chi connectivity index (χ1v) is 5.63. The zero-order valence-corrected chi connectivity index (χ0v) is 10.0. The quantitative estimate of drug-likeness (QED) is 0.351. The van der Waals surface area contributed by atoms with Crippen LogP contribution in [0, 0.1) is 4.91 Å². The summed E-state index contributed by atoms with van der Waals surface area (Å²) in [5.41, 5.74) is 5.62. The van der Waals surface area contributed by atoms with Crippen LogP contribution in [0.2, 0.25) is 0 Å². The lowest BCUT2D eigenvalue weighted by Crippen LogP contribution is -2.17. The van der Waals surface area contributed by atoms with E-state index in [1.165, 1.54) is 30.3 Å². The van der Waals surface area contributed by atoms with Crippen LogP contribution in [0.3, 0.4) is 0 Å². The summed E-state index contributed by atoms with van der Waals surface area (Å²) in [7, 11) is 0. The molecule has 1 heterocycles. The van der Waals surface area contributed by atoms with Crippen molar-refractivity contribution in [2.24, 2.45) is 0 Å². The van der Waals surface area contributed by atoms with Crippen molar-refractivity contribution in [3.8, 4) is 5.75 Å². The fourth-order valence-electron chi connectivity index (χ4n) is 2.05. The van der Waals surface area contributed by atoms with Crippen LogP contribution in [-0.4, -0.2) is 16.2 Å². The number of anilines is 1. The van der Waals surface area contributed by atoms with E-state index in [1.54, 1.807) is 0 Å². The molecule has 0 radical (unpaired) electrons. The molecule has 1 aromatic heterocycles. The normalized spacial score (nSPS) is 11.0. The molecular weight excluding hydrogens is 264 g/mol. The van der Waals surface area contributed by atoms with E-state index in [0.29, 0.717) is 4.43 Å². The van der Waals surface area contributed by atoms with E-state index < -0.39 is 5.97 Å². The highest BCUT2D eigenvalue weighted by molar-refractivity contribution is 5.98. The van der Waals surface area contributed by atoms with Crippen molar-refractivity contribution in [2.75, 3.05) is 5.73 Å². The van der Waals surface area contributed by atoms with Gasteiger partial charge in [0.05, 0.1) is 15.7 Å². The third-order valence-electron chi connectivity index (χ3n) is 2.98. The minimum absolute atomic E-state index is 0.0394. The number of carboxylic acid groups (broad SMARTS) is 1. The number of nitrogens with two attached hydrogens (primary N) is 1. The van der Waals surface area contributed by atoms with Crippen LogP contribution in [0.4, 0.5) is 5.69 Å². The zero-order valence-electron chi connectivity index (χ0n) is 10.0. The van der Waals surface area contributed by atoms with Crippen LogP contribution < -0.4 is 10.2 Å². The molecule has 0 aliphatic carbocycles. The zero-order chi connectivity index (χ0) is 14.4. The van der Waals surface area contributed by atoms with Gasteiger partial charge < -0.3 is 20.4 Å². The summed E-state index contributed by atoms with van der Waals surface area (Å²) >= 11 is 0. The minimum Gasteiger partial charge on any atom is -0.502 e. The number of hydrogen-bond donors (Lipinski definition) is 3. The van der Waals surface area contributed by atoms with Crippen molar-refractivity contribution in [1.29, 1.82) is 0 Å². The highest BCUT2D eigenvalue weighted by Crippen LogP contribution is 2.26. The molecule has 3 aromatic rings. The second kappa shape index (κ2) is 3.95. The number of carboxylic acids is 1. The van der Waals surface area contributed by atoms with Gasteiger partial charge in [-0.1, -0.05) is 6.07 Å². The van der Waals surface area contributed by atoms with Gasteiger partial charge in [-0.15, -0.1) is 0 Å². The summed E-state index contributed by atoms with van der Waals surface area (Å²) in [6.07, 6.45) is 0. The highest BCUT2D eigenvalue weighted by atomic mass is 16.4. The summed E-state index contributed by atoms with van der Waals surface area (Å²) in [5.74, 6) is -1.45. The number of rotatable bonds is 1. The topological polar surface area (TPSA) is 120 Å². The average molecular weight is 273 g/mol. The van der Waals surface area contributed by atoms with E-state index in [2.05, 4.69) is 0 Å². The van der Waals surface area contributed by atoms with Crippen molar-refractivity contribution in [1.82, 2.24) is 0 Å². The molecule has 0 aliphatic rings. The SMILES string of the molecule is Nc1cc2c(cc1C(=O)O)oc1cccc(O)c1[n+]2=O. The number of para-hydroxylation sites is 1. The van der Waals surface area contributed by atoms with Gasteiger partial charge in [0, 0.05) is 17.0 Å². The predicted molar refractivity (Wildman–Crippen MR) is 70.1 cm³/mol. The number of fused-ring (bicyclic) bond motifs is 2. The van der Waals surface area contributed by atoms with Crippen LogP contribution in [0.25, 0.3) is 22.2 Å². The number of benzene rings is 2. The largest absolute Gasteiger partial charge is 0.502 e. The van der Waals surface area contributed by atoms with Gasteiger partial charge in [0.25, 0.3) is 0 Å². The summed E-state index contributed by atoms with van der Waals surface area (Å²) in [4.78, 5) is 23.3. The maximum absolute atomic E-state index is 12.2. The van der Waals surface area contributed by atoms with Crippen LogP contribution in [0.15, 0.2) is 34.7 Å². The Morgan fingerprint density at radius 1 is 1.25 bits per heavy atom. The molecule has 0 fully saturated rings. The number of phenolic OH excluding ortho intramolecular Hbond substituents is 1. The molecule has 0 aliphatic heterocycles. The molecule has 4 N–H and O–H groups in total. The van der Waals surface area contributed by atoms with E-state index in [4.69, 9.17) is 15.3 Å². The van der Waals surface area contributed by atoms with E-state index in [-0.39, 0.29) is 39.2 Å². The third-order valence-corrected chi connectivity index (χ3v) is 2.98. The average Bonchev–Trinajstić information content (AvgIpc) is 2.39. The van der Waals surface area contributed by atoms with Crippen LogP contribution in [0.5, 0.6) is 5.75 Å². The van der Waals surface area contributed by atoms with Crippen molar-refractivity contribution < 1.29 is 23.9 Å². The molecule has 3 rings (SSSR count). The summed E-state index contributed by atoms with van der Waals surface area (Å²) in [6, 6.07) is 6.77. The van der Waals surface area contributed by atoms with Gasteiger partial charge in [0.2, 0.25) is 11.2 Å². The molecule has 0 saturated heterocycles. The maximum Gasteiger partial charge on any atom is 0.347 e. The van der Waals surface area contributed by atoms with Crippen molar-refractivity contribution in [2.45, 2.75) is 0 Å². The molecule has 7 heteroatoms. The number of nitrogen functional groups attached to an aromatic ring is 1. The Bertz CT molecular complexity index is 929. The summed E-state index contributed by atoms with van der Waals surface area (Å²) in [5, 5.41) is 18.7. The number of hydrogen-bond acceptors (Lipinski definition) is 5. The summed E-state index contributed by atoms with van der Waals surface area (Å²) < 4.78 is 5.92. The number of aromatic nitrogens is 1. The lowest BCUT2D eigenvalue weighted by atomic mass is 10.1. The Balaban J connectivity index is 2.54. The summed E-state index contributed by atoms with van der Waals surface area (Å²) in [6.45, 7) is 0. The lowest BCUT2D eigenvalue weighted by molar-refractivity contribution is -0.434. The Hall–Kier alpha value is -3.09. The van der Waals surface area contributed by atoms with Gasteiger partial charge in [-0.25, -0.2) is 4.79 Å². The first-order valence-electron chi connectivity index (χ1n) is 5.63. The molecule has 0 unspecified atom stereocenters. The van der Waals surface area contributed by atoms with E-state index >= 15 is 0 Å². The fraction of sp³-hybridized carbons (Fsp3) is 0. The Labute approximate surface area is 111 Å². The van der Waals surface area contributed by atoms with Gasteiger partial charge in [0.15, 0.2) is 5.75 Å². The lowest BCUT2D eigenvalue weighted by Gasteiger charge is -2.01. The molecule has 100 valence electrons. The molecule has 0 atom stereocenters. The van der Waals surface area contributed by atoms with Gasteiger partial charge in [-0.3, -0.25) is 0 Å². The first kappa shape index (κ1) is 12.0. The molecule has 0 spiro atoms. The maximum atomic E-state index is 12.2. The van der Waals surface area contributed by atoms with Gasteiger partial charge in [-0.05, 0) is 12.1 Å². The van der Waals surface area contributed by atoms with Crippen LogP contribution in [0.1, 0.15) is 10.4 Å². The second-order valence-corrected chi connectivity index (χ2v) is 4.23. The molecule has 0 bridgehead atoms. The van der Waals surface area contributed by atoms with E-state index in [0.717, 1.165) is 0 Å². The molecule has 2 aromatic carbocycles. The molecular formula is C13H9N2O5+. The number of phenols is 1. The number of nitrogens with zero attached hydrogens (tertiary/aromatic N) is 1. The Morgan fingerprint density at radius 3 is 2.70 bits per heavy atom. The number of aromatic hydroxyl groups is 1. The van der Waals surface area contributed by atoms with Gasteiger partial charge in [-0.2, -0.15) is 0 Å². The molecule has 20 heavy (non-hydrogen) atoms. The fourth-order valence-corrected chi connectivity index (χ4v) is 2.05. The van der Waals surface area contributed by atoms with E-state index in [1.807, 2.05) is 0 Å². The van der Waals surface area contributed by atoms with Crippen molar-refractivity contribution in [3.05, 3.63) is 40.8 Å². The van der Waals surface area contributed by atoms with Gasteiger partial charge in [0.1, 0.15) is 0 Å². The van der Waals surface area contributed by atoms with E-state index in [9.17, 15) is 14.8 Å². The second-order valence-electron chi connectivity index (χ2n) is 4.23. The number of carbonyl (C=O) groups is 1. The standard InChI is InChI=1S/C13H8N2O5/c14-7-5-8-11(4-6(7)13(17)18)20-10-3-1-2-9(16)12(10)15(8)19/h1-5H,14H2,(H-,16,17,18,19)/p+1. The first-order chi connectivity index (χ1) is 9.49. The molecule has 0 amide bonds. The van der Waals surface area contributed by atoms with Gasteiger partial charge >= 0.3 is 17.0 Å².